The summed E-state index contributed by atoms with van der Waals surface area (Å²) in [5.74, 6) is -1.28. The topological polar surface area (TPSA) is 46.3 Å². The van der Waals surface area contributed by atoms with Crippen LogP contribution in [0.1, 0.15) is 44.6 Å². The molecular weight excluding hydrogens is 310 g/mol. The van der Waals surface area contributed by atoms with Crippen LogP contribution in [-0.4, -0.2) is 23.9 Å². The van der Waals surface area contributed by atoms with E-state index in [1.807, 2.05) is 6.92 Å². The standard InChI is InChI=1S/C16H24F2N2O.ClH/c1-2-20(16(21)10-5-3-4-6-11-19)12-13-14(17)8-7-9-15(13)18;/h7-9H,2-6,10-12,19H2,1H3;1H. The molecule has 0 aliphatic rings. The van der Waals surface area contributed by atoms with Crippen LogP contribution in [0.4, 0.5) is 8.78 Å². The molecule has 0 heterocycles. The number of halogens is 3. The second kappa shape index (κ2) is 11.4. The van der Waals surface area contributed by atoms with Gasteiger partial charge in [-0.15, -0.1) is 12.4 Å². The number of unbranched alkanes of at least 4 members (excludes halogenated alkanes) is 3. The number of hydrogen-bond acceptors (Lipinski definition) is 2. The fourth-order valence-corrected chi connectivity index (χ4v) is 2.18. The van der Waals surface area contributed by atoms with Crippen molar-refractivity contribution in [2.24, 2.45) is 5.73 Å². The third kappa shape index (κ3) is 6.71. The Morgan fingerprint density at radius 3 is 2.27 bits per heavy atom. The number of amides is 1. The molecule has 126 valence electrons. The van der Waals surface area contributed by atoms with Crippen molar-refractivity contribution in [1.82, 2.24) is 4.90 Å². The summed E-state index contributed by atoms with van der Waals surface area (Å²) in [4.78, 5) is 13.6. The SMILES string of the molecule is CCN(Cc1c(F)cccc1F)C(=O)CCCCCCN.Cl. The molecule has 0 fully saturated rings. The van der Waals surface area contributed by atoms with E-state index in [0.717, 1.165) is 25.7 Å². The van der Waals surface area contributed by atoms with Crippen LogP contribution in [0.15, 0.2) is 18.2 Å². The van der Waals surface area contributed by atoms with E-state index in [-0.39, 0.29) is 30.4 Å². The second-order valence-corrected chi connectivity index (χ2v) is 5.06. The first-order chi connectivity index (χ1) is 10.1. The molecule has 1 aromatic rings. The molecule has 0 aliphatic carbocycles. The lowest BCUT2D eigenvalue weighted by Crippen LogP contribution is -2.30. The molecule has 1 aromatic carbocycles. The Morgan fingerprint density at radius 2 is 1.73 bits per heavy atom. The van der Waals surface area contributed by atoms with Gasteiger partial charge in [-0.1, -0.05) is 18.9 Å². The molecule has 0 aliphatic heterocycles. The molecule has 0 bridgehead atoms. The molecule has 3 nitrogen and oxygen atoms in total. The molecule has 22 heavy (non-hydrogen) atoms. The van der Waals surface area contributed by atoms with Crippen LogP contribution in [0, 0.1) is 11.6 Å². The van der Waals surface area contributed by atoms with Gasteiger partial charge >= 0.3 is 0 Å². The molecule has 0 radical (unpaired) electrons. The third-order valence-electron chi connectivity index (χ3n) is 3.49. The van der Waals surface area contributed by atoms with Crippen molar-refractivity contribution in [2.75, 3.05) is 13.1 Å². The first kappa shape index (κ1) is 20.8. The number of carbonyl (C=O) groups excluding carboxylic acids is 1. The molecule has 0 aromatic heterocycles. The van der Waals surface area contributed by atoms with Gasteiger partial charge in [-0.25, -0.2) is 8.78 Å². The van der Waals surface area contributed by atoms with Crippen LogP contribution in [0.5, 0.6) is 0 Å². The van der Waals surface area contributed by atoms with Crippen molar-refractivity contribution in [3.05, 3.63) is 35.4 Å². The van der Waals surface area contributed by atoms with Crippen molar-refractivity contribution < 1.29 is 13.6 Å². The van der Waals surface area contributed by atoms with Crippen molar-refractivity contribution >= 4 is 18.3 Å². The van der Waals surface area contributed by atoms with Gasteiger partial charge < -0.3 is 10.6 Å². The van der Waals surface area contributed by atoms with Gasteiger partial charge in [0.2, 0.25) is 5.91 Å². The van der Waals surface area contributed by atoms with Gasteiger partial charge in [0.05, 0.1) is 6.54 Å². The number of carbonyl (C=O) groups is 1. The Balaban J connectivity index is 0.00000441. The lowest BCUT2D eigenvalue weighted by molar-refractivity contribution is -0.131. The molecule has 6 heteroatoms. The van der Waals surface area contributed by atoms with Crippen LogP contribution < -0.4 is 5.73 Å². The zero-order chi connectivity index (χ0) is 15.7. The fourth-order valence-electron chi connectivity index (χ4n) is 2.18. The molecule has 1 rings (SSSR count). The Morgan fingerprint density at radius 1 is 1.14 bits per heavy atom. The minimum absolute atomic E-state index is 0. The summed E-state index contributed by atoms with van der Waals surface area (Å²) < 4.78 is 27.2. The molecule has 0 saturated carbocycles. The predicted octanol–water partition coefficient (Wildman–Crippen LogP) is 3.64. The fraction of sp³-hybridized carbons (Fsp3) is 0.562. The van der Waals surface area contributed by atoms with E-state index in [0.29, 0.717) is 19.5 Å². The van der Waals surface area contributed by atoms with Gasteiger partial charge in [-0.2, -0.15) is 0 Å². The van der Waals surface area contributed by atoms with Crippen molar-refractivity contribution in [3.8, 4) is 0 Å². The number of nitrogens with zero attached hydrogens (tertiary/aromatic N) is 1. The van der Waals surface area contributed by atoms with Crippen molar-refractivity contribution in [3.63, 3.8) is 0 Å². The minimum Gasteiger partial charge on any atom is -0.338 e. The molecule has 0 saturated heterocycles. The molecule has 2 N–H and O–H groups in total. The summed E-state index contributed by atoms with van der Waals surface area (Å²) in [5.41, 5.74) is 5.36. The van der Waals surface area contributed by atoms with Crippen LogP contribution in [-0.2, 0) is 11.3 Å². The van der Waals surface area contributed by atoms with Crippen LogP contribution in [0.3, 0.4) is 0 Å². The Kier molecular flexibility index (Phi) is 10.8. The van der Waals surface area contributed by atoms with E-state index in [9.17, 15) is 13.6 Å². The summed E-state index contributed by atoms with van der Waals surface area (Å²) in [5, 5.41) is 0. The number of hydrogen-bond donors (Lipinski definition) is 1. The van der Waals surface area contributed by atoms with Gasteiger partial charge in [0.15, 0.2) is 0 Å². The van der Waals surface area contributed by atoms with Gasteiger partial charge in [0.1, 0.15) is 11.6 Å². The molecule has 1 amide bonds. The first-order valence-electron chi connectivity index (χ1n) is 7.50. The van der Waals surface area contributed by atoms with Gasteiger partial charge in [0.25, 0.3) is 0 Å². The lowest BCUT2D eigenvalue weighted by atomic mass is 10.1. The number of nitrogens with two attached hydrogens (primary N) is 1. The molecule has 0 unspecified atom stereocenters. The Labute approximate surface area is 137 Å². The minimum atomic E-state index is -0.607. The van der Waals surface area contributed by atoms with Gasteiger partial charge in [0, 0.05) is 18.5 Å². The van der Waals surface area contributed by atoms with Crippen molar-refractivity contribution in [1.29, 1.82) is 0 Å². The van der Waals surface area contributed by atoms with E-state index in [2.05, 4.69) is 0 Å². The molecule has 0 spiro atoms. The van der Waals surface area contributed by atoms with Crippen molar-refractivity contribution in [2.45, 2.75) is 45.6 Å². The largest absolute Gasteiger partial charge is 0.338 e. The van der Waals surface area contributed by atoms with E-state index < -0.39 is 11.6 Å². The Hall–Kier alpha value is -1.20. The maximum absolute atomic E-state index is 13.6. The summed E-state index contributed by atoms with van der Waals surface area (Å²) in [6.07, 6.45) is 4.13. The zero-order valence-electron chi connectivity index (χ0n) is 13.0. The highest BCUT2D eigenvalue weighted by Crippen LogP contribution is 2.16. The van der Waals surface area contributed by atoms with Crippen LogP contribution in [0.2, 0.25) is 0 Å². The Bertz CT molecular complexity index is 438. The molecular formula is C16H25ClF2N2O. The average molecular weight is 335 g/mol. The summed E-state index contributed by atoms with van der Waals surface area (Å²) >= 11 is 0. The van der Waals surface area contributed by atoms with Crippen LogP contribution in [0.25, 0.3) is 0 Å². The normalized spacial score (nSPS) is 10.2. The monoisotopic (exact) mass is 334 g/mol. The van der Waals surface area contributed by atoms with E-state index in [1.165, 1.54) is 23.1 Å². The highest BCUT2D eigenvalue weighted by Gasteiger charge is 2.16. The van der Waals surface area contributed by atoms with Crippen LogP contribution >= 0.6 is 12.4 Å². The smallest absolute Gasteiger partial charge is 0.222 e. The quantitative estimate of drug-likeness (QED) is 0.701. The second-order valence-electron chi connectivity index (χ2n) is 5.06. The van der Waals surface area contributed by atoms with E-state index in [4.69, 9.17) is 5.73 Å². The number of rotatable bonds is 9. The summed E-state index contributed by atoms with van der Waals surface area (Å²) in [6, 6.07) is 3.75. The van der Waals surface area contributed by atoms with Gasteiger partial charge in [-0.3, -0.25) is 4.79 Å². The maximum atomic E-state index is 13.6. The third-order valence-corrected chi connectivity index (χ3v) is 3.49. The lowest BCUT2D eigenvalue weighted by Gasteiger charge is -2.21. The first-order valence-corrected chi connectivity index (χ1v) is 7.50. The zero-order valence-corrected chi connectivity index (χ0v) is 13.8. The summed E-state index contributed by atoms with van der Waals surface area (Å²) in [7, 11) is 0. The maximum Gasteiger partial charge on any atom is 0.222 e. The van der Waals surface area contributed by atoms with E-state index >= 15 is 0 Å². The number of benzene rings is 1. The summed E-state index contributed by atoms with van der Waals surface area (Å²) in [6.45, 7) is 2.90. The highest BCUT2D eigenvalue weighted by molar-refractivity contribution is 5.85. The molecule has 0 atom stereocenters. The highest BCUT2D eigenvalue weighted by atomic mass is 35.5. The van der Waals surface area contributed by atoms with E-state index in [1.54, 1.807) is 0 Å². The van der Waals surface area contributed by atoms with Gasteiger partial charge in [-0.05, 0) is 38.4 Å². The predicted molar refractivity (Wildman–Crippen MR) is 86.8 cm³/mol. The average Bonchev–Trinajstić information content (AvgIpc) is 2.46.